The largest absolute Gasteiger partial charge is 0.481 e. The van der Waals surface area contributed by atoms with E-state index < -0.39 is 43.3 Å². The van der Waals surface area contributed by atoms with Crippen LogP contribution in [0.15, 0.2) is 12.3 Å². The van der Waals surface area contributed by atoms with Gasteiger partial charge < -0.3 is 29.9 Å². The number of hydrogen-bond donors (Lipinski definition) is 3. The molecule has 0 radical (unpaired) electrons. The second-order valence-corrected chi connectivity index (χ2v) is 12.4. The van der Waals surface area contributed by atoms with Gasteiger partial charge in [0.15, 0.2) is 6.23 Å². The zero-order valence-electron chi connectivity index (χ0n) is 16.2. The molecule has 9 heteroatoms. The average Bonchev–Trinajstić information content (AvgIpc) is 2.86. The molecule has 3 N–H and O–H groups in total. The van der Waals surface area contributed by atoms with E-state index in [2.05, 4.69) is 19.6 Å². The van der Waals surface area contributed by atoms with Gasteiger partial charge in [0.1, 0.15) is 12.2 Å². The van der Waals surface area contributed by atoms with Gasteiger partial charge in [-0.2, -0.15) is 0 Å². The van der Waals surface area contributed by atoms with Crippen molar-refractivity contribution in [2.45, 2.75) is 44.3 Å². The van der Waals surface area contributed by atoms with Crippen molar-refractivity contribution in [1.29, 1.82) is 0 Å². The third-order valence-corrected chi connectivity index (χ3v) is 6.46. The van der Waals surface area contributed by atoms with E-state index in [-0.39, 0.29) is 12.6 Å². The first kappa shape index (κ1) is 22.0. The fraction of sp³-hybridized carbons (Fsp3) is 0.722. The van der Waals surface area contributed by atoms with Crippen LogP contribution >= 0.6 is 6.89 Å². The SMILES string of the molecule is C=P(C)(C)CC[C@H]1O[C@@H](N2C=CC(=O)N(CCC(C)C(=O)O)C2)[C@H](O)[C@@H]1O. The lowest BCUT2D eigenvalue weighted by Gasteiger charge is -2.37. The smallest absolute Gasteiger partial charge is 0.306 e. The summed E-state index contributed by atoms with van der Waals surface area (Å²) in [4.78, 5) is 26.2. The molecule has 2 aliphatic rings. The van der Waals surface area contributed by atoms with Gasteiger partial charge in [-0.15, -0.1) is 13.2 Å². The summed E-state index contributed by atoms with van der Waals surface area (Å²) >= 11 is 0. The minimum atomic E-state index is -1.26. The van der Waals surface area contributed by atoms with Crippen LogP contribution in [0.2, 0.25) is 0 Å². The molecule has 5 atom stereocenters. The maximum Gasteiger partial charge on any atom is 0.306 e. The monoisotopic (exact) mass is 402 g/mol. The minimum absolute atomic E-state index is 0.177. The van der Waals surface area contributed by atoms with E-state index in [1.54, 1.807) is 18.0 Å². The lowest BCUT2D eigenvalue weighted by molar-refractivity contribution is -0.143. The Bertz CT molecular complexity index is 633. The number of ether oxygens (including phenoxy) is 1. The number of aliphatic carboxylic acids is 1. The van der Waals surface area contributed by atoms with E-state index in [1.807, 2.05) is 0 Å². The number of rotatable bonds is 8. The molecule has 1 amide bonds. The molecule has 8 nitrogen and oxygen atoms in total. The third kappa shape index (κ3) is 5.82. The Labute approximate surface area is 160 Å². The summed E-state index contributed by atoms with van der Waals surface area (Å²) in [5.41, 5.74) is 0. The van der Waals surface area contributed by atoms with Gasteiger partial charge in [0, 0.05) is 18.8 Å². The number of hydrogen-bond acceptors (Lipinski definition) is 6. The molecule has 1 saturated heterocycles. The molecule has 2 rings (SSSR count). The Morgan fingerprint density at radius 2 is 2.07 bits per heavy atom. The molecule has 0 aromatic heterocycles. The second-order valence-electron chi connectivity index (χ2n) is 8.10. The van der Waals surface area contributed by atoms with Gasteiger partial charge in [-0.3, -0.25) is 9.59 Å². The highest BCUT2D eigenvalue weighted by Gasteiger charge is 2.45. The summed E-state index contributed by atoms with van der Waals surface area (Å²) in [6, 6.07) is 0. The van der Waals surface area contributed by atoms with Crippen LogP contribution < -0.4 is 0 Å². The van der Waals surface area contributed by atoms with Gasteiger partial charge in [0.05, 0.1) is 18.7 Å². The molecule has 0 aliphatic carbocycles. The Morgan fingerprint density at radius 3 is 2.67 bits per heavy atom. The first-order valence-corrected chi connectivity index (χ1v) is 12.2. The zero-order valence-corrected chi connectivity index (χ0v) is 17.1. The van der Waals surface area contributed by atoms with E-state index in [0.29, 0.717) is 19.4 Å². The van der Waals surface area contributed by atoms with Crippen molar-refractivity contribution in [3.8, 4) is 0 Å². The predicted octanol–water partition coefficient (Wildman–Crippen LogP) is 0.259. The first-order valence-electron chi connectivity index (χ1n) is 9.14. The van der Waals surface area contributed by atoms with Crippen LogP contribution in [0.5, 0.6) is 0 Å². The van der Waals surface area contributed by atoms with Crippen molar-refractivity contribution in [3.63, 3.8) is 0 Å². The van der Waals surface area contributed by atoms with Crippen molar-refractivity contribution in [2.24, 2.45) is 5.92 Å². The number of carbonyl (C=O) groups excluding carboxylic acids is 1. The molecule has 1 unspecified atom stereocenters. The predicted molar refractivity (Wildman–Crippen MR) is 105 cm³/mol. The highest BCUT2D eigenvalue weighted by Crippen LogP contribution is 2.38. The first-order chi connectivity index (χ1) is 12.5. The number of carbonyl (C=O) groups is 2. The van der Waals surface area contributed by atoms with Crippen molar-refractivity contribution in [1.82, 2.24) is 9.80 Å². The molecule has 2 aliphatic heterocycles. The second kappa shape index (κ2) is 8.78. The van der Waals surface area contributed by atoms with E-state index in [9.17, 15) is 19.8 Å². The van der Waals surface area contributed by atoms with Gasteiger partial charge in [-0.05, 0) is 32.3 Å². The summed E-state index contributed by atoms with van der Waals surface area (Å²) in [5, 5.41) is 29.7. The van der Waals surface area contributed by atoms with Gasteiger partial charge in [0.2, 0.25) is 5.91 Å². The van der Waals surface area contributed by atoms with E-state index in [1.165, 1.54) is 11.0 Å². The molecule has 0 bridgehead atoms. The van der Waals surface area contributed by atoms with Crippen LogP contribution in [0.3, 0.4) is 0 Å². The van der Waals surface area contributed by atoms with Crippen LogP contribution in [0, 0.1) is 5.92 Å². The Morgan fingerprint density at radius 1 is 1.41 bits per heavy atom. The van der Waals surface area contributed by atoms with Gasteiger partial charge in [-0.1, -0.05) is 6.92 Å². The topological polar surface area (TPSA) is 111 Å². The maximum absolute atomic E-state index is 12.1. The molecule has 0 aromatic carbocycles. The van der Waals surface area contributed by atoms with Crippen molar-refractivity contribution in [2.75, 3.05) is 32.7 Å². The van der Waals surface area contributed by atoms with E-state index in [4.69, 9.17) is 9.84 Å². The number of aliphatic hydroxyl groups excluding tert-OH is 2. The molecular weight excluding hydrogens is 371 g/mol. The molecule has 0 spiro atoms. The summed E-state index contributed by atoms with van der Waals surface area (Å²) < 4.78 is 5.90. The number of carboxylic acid groups (broad SMARTS) is 1. The highest BCUT2D eigenvalue weighted by molar-refractivity contribution is 7.72. The van der Waals surface area contributed by atoms with Crippen molar-refractivity contribution >= 4 is 25.1 Å². The average molecular weight is 402 g/mol. The van der Waals surface area contributed by atoms with Crippen LogP contribution in [-0.2, 0) is 14.3 Å². The number of aliphatic hydroxyl groups is 2. The fourth-order valence-electron chi connectivity index (χ4n) is 3.12. The van der Waals surface area contributed by atoms with E-state index >= 15 is 0 Å². The van der Waals surface area contributed by atoms with E-state index in [0.717, 1.165) is 6.16 Å². The van der Waals surface area contributed by atoms with Crippen molar-refractivity contribution in [3.05, 3.63) is 12.3 Å². The maximum atomic E-state index is 12.1. The standard InChI is InChI=1S/C18H31N2O6P/c1-12(18(24)25)5-8-19-11-20(9-6-14(19)21)17-16(23)15(22)13(26-17)7-10-27(2,3)4/h6,9,12-13,15-17,22-23H,2,5,7-8,10-11H2,1,3-4H3,(H,24,25)/t12?,13-,15-,16-,17-/m1/s1. The van der Waals surface area contributed by atoms with Crippen LogP contribution in [0.4, 0.5) is 0 Å². The quantitative estimate of drug-likeness (QED) is 0.500. The number of nitrogens with zero attached hydrogens (tertiary/aromatic N) is 2. The van der Waals surface area contributed by atoms with Crippen LogP contribution in [-0.4, -0.2) is 101 Å². The van der Waals surface area contributed by atoms with Crippen LogP contribution in [0.1, 0.15) is 19.8 Å². The minimum Gasteiger partial charge on any atom is -0.481 e. The molecule has 27 heavy (non-hydrogen) atoms. The molecular formula is C18H31N2O6P. The fourth-order valence-corrected chi connectivity index (χ4v) is 4.07. The molecule has 0 saturated carbocycles. The Balaban J connectivity index is 1.98. The summed E-state index contributed by atoms with van der Waals surface area (Å²) in [5.74, 6) is -1.66. The molecule has 2 heterocycles. The lowest BCUT2D eigenvalue weighted by atomic mass is 10.1. The van der Waals surface area contributed by atoms with Gasteiger partial charge >= 0.3 is 5.97 Å². The Kier molecular flexibility index (Phi) is 7.14. The summed E-state index contributed by atoms with van der Waals surface area (Å²) in [7, 11) is 0. The molecule has 0 aromatic rings. The molecule has 154 valence electrons. The highest BCUT2D eigenvalue weighted by atomic mass is 31.2. The number of amides is 1. The van der Waals surface area contributed by atoms with Crippen LogP contribution in [0.25, 0.3) is 0 Å². The van der Waals surface area contributed by atoms with Gasteiger partial charge in [-0.25, -0.2) is 0 Å². The summed E-state index contributed by atoms with van der Waals surface area (Å²) in [6.45, 7) is 5.02. The number of carboxylic acids is 1. The normalized spacial score (nSPS) is 30.0. The lowest BCUT2D eigenvalue weighted by Crippen LogP contribution is -2.50. The summed E-state index contributed by atoms with van der Waals surface area (Å²) in [6.07, 6.45) is 5.59. The Hall–Kier alpha value is -1.34. The van der Waals surface area contributed by atoms with Gasteiger partial charge in [0.25, 0.3) is 0 Å². The molecule has 1 fully saturated rings. The third-order valence-electron chi connectivity index (χ3n) is 4.99. The van der Waals surface area contributed by atoms with Crippen molar-refractivity contribution < 1.29 is 29.6 Å². The zero-order chi connectivity index (χ0) is 20.4.